The highest BCUT2D eigenvalue weighted by atomic mass is 16.4. The number of carbonyl (C=O) groups is 2. The molecule has 0 atom stereocenters. The van der Waals surface area contributed by atoms with Crippen LogP contribution in [0.15, 0.2) is 6.20 Å². The third-order valence-electron chi connectivity index (χ3n) is 2.78. The first-order chi connectivity index (χ1) is 9.58. The van der Waals surface area contributed by atoms with Crippen LogP contribution in [0.4, 0.5) is 10.6 Å². The zero-order valence-electron chi connectivity index (χ0n) is 12.0. The first kappa shape index (κ1) is 16.0. The van der Waals surface area contributed by atoms with Crippen LogP contribution in [0.2, 0.25) is 0 Å². The van der Waals surface area contributed by atoms with Crippen molar-refractivity contribution >= 4 is 17.8 Å². The van der Waals surface area contributed by atoms with Gasteiger partial charge in [-0.3, -0.25) is 10.00 Å². The number of carboxylic acids is 1. The highest BCUT2D eigenvalue weighted by Crippen LogP contribution is 2.13. The SMILES string of the molecule is CCCCNC(=O)Nc1nn(CCCC)cc1C(=O)O. The van der Waals surface area contributed by atoms with E-state index in [1.807, 2.05) is 13.8 Å². The molecule has 3 N–H and O–H groups in total. The van der Waals surface area contributed by atoms with Crippen LogP contribution >= 0.6 is 0 Å². The summed E-state index contributed by atoms with van der Waals surface area (Å²) in [5.41, 5.74) is 0.00624. The molecule has 112 valence electrons. The molecule has 7 heteroatoms. The standard InChI is InChI=1S/C13H22N4O3/c1-3-5-7-14-13(20)15-11-10(12(18)19)9-17(16-11)8-6-4-2/h9H,3-8H2,1-2H3,(H,18,19)(H2,14,15,16,20). The lowest BCUT2D eigenvalue weighted by atomic mass is 10.3. The molecule has 0 saturated heterocycles. The van der Waals surface area contributed by atoms with Gasteiger partial charge in [-0.15, -0.1) is 0 Å². The predicted octanol–water partition coefficient (Wildman–Crippen LogP) is 2.30. The van der Waals surface area contributed by atoms with Crippen molar-refractivity contribution < 1.29 is 14.7 Å². The zero-order valence-corrected chi connectivity index (χ0v) is 12.0. The van der Waals surface area contributed by atoms with Gasteiger partial charge in [0.15, 0.2) is 5.82 Å². The molecule has 1 aromatic rings. The molecule has 0 aliphatic heterocycles. The second kappa shape index (κ2) is 8.19. The second-order valence-electron chi connectivity index (χ2n) is 4.55. The smallest absolute Gasteiger partial charge is 0.341 e. The number of amides is 2. The van der Waals surface area contributed by atoms with Gasteiger partial charge in [-0.1, -0.05) is 26.7 Å². The molecule has 0 bridgehead atoms. The maximum absolute atomic E-state index is 11.6. The highest BCUT2D eigenvalue weighted by molar-refractivity contribution is 5.98. The van der Waals surface area contributed by atoms with Gasteiger partial charge in [-0.05, 0) is 12.8 Å². The van der Waals surface area contributed by atoms with E-state index in [0.29, 0.717) is 13.1 Å². The number of aromatic carboxylic acids is 1. The van der Waals surface area contributed by atoms with Gasteiger partial charge < -0.3 is 10.4 Å². The molecule has 0 saturated carbocycles. The van der Waals surface area contributed by atoms with E-state index in [-0.39, 0.29) is 11.4 Å². The van der Waals surface area contributed by atoms with Gasteiger partial charge in [0.25, 0.3) is 0 Å². The minimum absolute atomic E-state index is 0.00624. The van der Waals surface area contributed by atoms with Crippen LogP contribution in [0.25, 0.3) is 0 Å². The fraction of sp³-hybridized carbons (Fsp3) is 0.615. The maximum Gasteiger partial charge on any atom is 0.341 e. The topological polar surface area (TPSA) is 96.3 Å². The fourth-order valence-corrected chi connectivity index (χ4v) is 1.64. The van der Waals surface area contributed by atoms with E-state index >= 15 is 0 Å². The second-order valence-corrected chi connectivity index (χ2v) is 4.55. The summed E-state index contributed by atoms with van der Waals surface area (Å²) in [6.07, 6.45) is 5.20. The number of rotatable bonds is 8. The molecule has 2 amide bonds. The van der Waals surface area contributed by atoms with E-state index < -0.39 is 12.0 Å². The summed E-state index contributed by atoms with van der Waals surface area (Å²) in [4.78, 5) is 22.7. The van der Waals surface area contributed by atoms with Gasteiger partial charge in [-0.2, -0.15) is 5.10 Å². The lowest BCUT2D eigenvalue weighted by Crippen LogP contribution is -2.30. The third-order valence-corrected chi connectivity index (χ3v) is 2.78. The summed E-state index contributed by atoms with van der Waals surface area (Å²) in [5.74, 6) is -1.01. The van der Waals surface area contributed by atoms with Crippen molar-refractivity contribution in [2.24, 2.45) is 0 Å². The van der Waals surface area contributed by atoms with Crippen molar-refractivity contribution in [3.05, 3.63) is 11.8 Å². The summed E-state index contributed by atoms with van der Waals surface area (Å²) in [7, 11) is 0. The van der Waals surface area contributed by atoms with Crippen molar-refractivity contribution in [2.75, 3.05) is 11.9 Å². The Labute approximate surface area is 118 Å². The summed E-state index contributed by atoms with van der Waals surface area (Å²) in [5, 5.41) is 18.4. The number of unbranched alkanes of at least 4 members (excludes halogenated alkanes) is 2. The number of hydrogen-bond donors (Lipinski definition) is 3. The zero-order chi connectivity index (χ0) is 15.0. The molecule has 7 nitrogen and oxygen atoms in total. The lowest BCUT2D eigenvalue weighted by Gasteiger charge is -2.05. The van der Waals surface area contributed by atoms with Crippen molar-refractivity contribution in [3.8, 4) is 0 Å². The molecule has 0 spiro atoms. The van der Waals surface area contributed by atoms with Gasteiger partial charge in [0.1, 0.15) is 5.56 Å². The third kappa shape index (κ3) is 4.91. The van der Waals surface area contributed by atoms with Crippen molar-refractivity contribution in [1.82, 2.24) is 15.1 Å². The molecule has 0 radical (unpaired) electrons. The number of aryl methyl sites for hydroxylation is 1. The van der Waals surface area contributed by atoms with Crippen molar-refractivity contribution in [3.63, 3.8) is 0 Å². The van der Waals surface area contributed by atoms with Gasteiger partial charge >= 0.3 is 12.0 Å². The largest absolute Gasteiger partial charge is 0.477 e. The summed E-state index contributed by atoms with van der Waals surface area (Å²) in [6, 6.07) is -0.429. The quantitative estimate of drug-likeness (QED) is 0.637. The van der Waals surface area contributed by atoms with Gasteiger partial charge in [0, 0.05) is 19.3 Å². The van der Waals surface area contributed by atoms with Crippen LogP contribution in [0.1, 0.15) is 49.9 Å². The Morgan fingerprint density at radius 3 is 2.60 bits per heavy atom. The molecular weight excluding hydrogens is 260 g/mol. The Morgan fingerprint density at radius 2 is 2.00 bits per heavy atom. The molecule has 0 unspecified atom stereocenters. The molecule has 0 aliphatic rings. The molecule has 0 fully saturated rings. The maximum atomic E-state index is 11.6. The Hall–Kier alpha value is -2.05. The molecule has 1 aromatic heterocycles. The van der Waals surface area contributed by atoms with Crippen molar-refractivity contribution in [2.45, 2.75) is 46.1 Å². The lowest BCUT2D eigenvalue weighted by molar-refractivity contribution is 0.0698. The van der Waals surface area contributed by atoms with Gasteiger partial charge in [0.2, 0.25) is 0 Å². The van der Waals surface area contributed by atoms with E-state index in [4.69, 9.17) is 5.11 Å². The highest BCUT2D eigenvalue weighted by Gasteiger charge is 2.17. The number of nitrogens with one attached hydrogen (secondary N) is 2. The molecule has 20 heavy (non-hydrogen) atoms. The van der Waals surface area contributed by atoms with E-state index in [1.165, 1.54) is 6.20 Å². The van der Waals surface area contributed by atoms with Crippen LogP contribution < -0.4 is 10.6 Å². The Balaban J connectivity index is 2.69. The monoisotopic (exact) mass is 282 g/mol. The summed E-state index contributed by atoms with van der Waals surface area (Å²) < 4.78 is 1.55. The van der Waals surface area contributed by atoms with Crippen LogP contribution in [0.5, 0.6) is 0 Å². The fourth-order valence-electron chi connectivity index (χ4n) is 1.64. The normalized spacial score (nSPS) is 10.3. The summed E-state index contributed by atoms with van der Waals surface area (Å²) in [6.45, 7) is 5.26. The Kier molecular flexibility index (Phi) is 6.55. The molecule has 0 aromatic carbocycles. The van der Waals surface area contributed by atoms with Crippen LogP contribution in [-0.4, -0.2) is 33.4 Å². The Morgan fingerprint density at radius 1 is 1.30 bits per heavy atom. The van der Waals surface area contributed by atoms with Crippen LogP contribution in [-0.2, 0) is 6.54 Å². The van der Waals surface area contributed by atoms with Gasteiger partial charge in [-0.25, -0.2) is 9.59 Å². The van der Waals surface area contributed by atoms with E-state index in [1.54, 1.807) is 4.68 Å². The number of aromatic nitrogens is 2. The van der Waals surface area contributed by atoms with Crippen LogP contribution in [0, 0.1) is 0 Å². The molecule has 1 heterocycles. The van der Waals surface area contributed by atoms with E-state index in [2.05, 4.69) is 15.7 Å². The molecule has 1 rings (SSSR count). The number of hydrogen-bond acceptors (Lipinski definition) is 3. The Bertz CT molecular complexity index is 456. The van der Waals surface area contributed by atoms with Crippen LogP contribution in [0.3, 0.4) is 0 Å². The molecule has 0 aliphatic carbocycles. The van der Waals surface area contributed by atoms with E-state index in [9.17, 15) is 9.59 Å². The number of carboxylic acid groups (broad SMARTS) is 1. The number of nitrogens with zero attached hydrogens (tertiary/aromatic N) is 2. The summed E-state index contributed by atoms with van der Waals surface area (Å²) >= 11 is 0. The number of carbonyl (C=O) groups excluding carboxylic acids is 1. The minimum Gasteiger partial charge on any atom is -0.477 e. The predicted molar refractivity (Wildman–Crippen MR) is 76.0 cm³/mol. The average molecular weight is 282 g/mol. The first-order valence-corrected chi connectivity index (χ1v) is 6.94. The van der Waals surface area contributed by atoms with E-state index in [0.717, 1.165) is 25.7 Å². The molecular formula is C13H22N4O3. The van der Waals surface area contributed by atoms with Gasteiger partial charge in [0.05, 0.1) is 0 Å². The first-order valence-electron chi connectivity index (χ1n) is 6.94. The van der Waals surface area contributed by atoms with Crippen molar-refractivity contribution in [1.29, 1.82) is 0 Å². The average Bonchev–Trinajstić information content (AvgIpc) is 2.79. The number of anilines is 1. The minimum atomic E-state index is -1.10. The number of urea groups is 1.